The third-order valence-corrected chi connectivity index (χ3v) is 12.2. The largest absolute Gasteiger partial charge is 0.478 e. The summed E-state index contributed by atoms with van der Waals surface area (Å²) >= 11 is 0. The van der Waals surface area contributed by atoms with Crippen LogP contribution in [0.4, 0.5) is 0 Å². The summed E-state index contributed by atoms with van der Waals surface area (Å²) in [5.74, 6) is -17.9. The zero-order chi connectivity index (χ0) is 67.7. The minimum absolute atomic E-state index is 0.0539. The highest BCUT2D eigenvalue weighted by atomic mass is 16.5. The summed E-state index contributed by atoms with van der Waals surface area (Å²) in [5.41, 5.74) is -3.33. The van der Waals surface area contributed by atoms with Crippen molar-refractivity contribution >= 4 is 89.0 Å². The van der Waals surface area contributed by atoms with E-state index >= 15 is 0 Å². The predicted molar refractivity (Wildman–Crippen MR) is 305 cm³/mol. The van der Waals surface area contributed by atoms with Gasteiger partial charge in [0.1, 0.15) is 11.5 Å². The van der Waals surface area contributed by atoms with Crippen LogP contribution in [0.25, 0.3) is 0 Å². The number of hydrogen-bond acceptors (Lipinski definition) is 16. The molecule has 91 heavy (non-hydrogen) atoms. The first kappa shape index (κ1) is 68.0. The molecule has 0 fully saturated rings. The summed E-state index contributed by atoms with van der Waals surface area (Å²) in [6, 6.07) is 34.5. The monoisotopic (exact) mass is 1240 g/mol. The smallest absolute Gasteiger partial charge is 0.336 e. The van der Waals surface area contributed by atoms with Crippen LogP contribution in [0.1, 0.15) is 172 Å². The van der Waals surface area contributed by atoms with Crippen LogP contribution < -0.4 is 4.74 Å². The van der Waals surface area contributed by atoms with Gasteiger partial charge in [0.05, 0.1) is 66.8 Å². The van der Waals surface area contributed by atoms with Crippen molar-refractivity contribution < 1.29 is 138 Å². The number of hydrogen-bond donors (Lipinski definition) is 12. The maximum atomic E-state index is 12.5. The van der Waals surface area contributed by atoms with Gasteiger partial charge >= 0.3 is 71.6 Å². The number of rotatable bonds is 20. The number of carboxylic acids is 12. The fraction of sp³-hybridized carbons (Fsp3) is 0. The summed E-state index contributed by atoms with van der Waals surface area (Å²) in [4.78, 5) is 169. The molecule has 0 unspecified atom stereocenters. The molecule has 8 aromatic carbocycles. The van der Waals surface area contributed by atoms with Gasteiger partial charge in [-0.05, 0) is 103 Å². The summed E-state index contributed by atoms with van der Waals surface area (Å²) in [6.45, 7) is 0. The highest BCUT2D eigenvalue weighted by Crippen LogP contribution is 2.28. The van der Waals surface area contributed by atoms with Crippen LogP contribution in [-0.2, 0) is 0 Å². The van der Waals surface area contributed by atoms with Gasteiger partial charge in [-0.25, -0.2) is 57.5 Å². The number of carboxylic acid groups (broad SMARTS) is 12. The topological polar surface area (TPSA) is 508 Å². The standard InChI is InChI=1S/C17H10O9.C16H10O9.2C15H10O5/c18-13(7-1-3-9(14(19)20)11(5-7)16(23)24)8-2-4-10(15(21)22)12(6-8)17(25)26;17-13(18)9-3-1-7(5-11(9)15(21)22)25-8-2-4-10(14(19)20)12(6-8)16(23)24;16-13(9-1-5-11(6-2-9)14(17)18)10-3-7-12(8-4-10)15(19)20;16-13(9-5-7-10(8-6-9)14(17)18)11-3-1-2-4-12(11)15(19)20/h1-6H,(H,19,20)(H,21,22)(H,23,24)(H,25,26);1-6H,(H,17,18)(H,19,20)(H,21,22)(H,23,24);2*1-8H,(H,17,18)(H,19,20). The van der Waals surface area contributed by atoms with E-state index in [1.54, 1.807) is 6.07 Å². The quantitative estimate of drug-likeness (QED) is 0.0318. The molecule has 0 bridgehead atoms. The van der Waals surface area contributed by atoms with Crippen molar-refractivity contribution in [3.63, 3.8) is 0 Å². The minimum atomic E-state index is -1.55. The fourth-order valence-electron chi connectivity index (χ4n) is 7.78. The van der Waals surface area contributed by atoms with E-state index in [1.165, 1.54) is 103 Å². The molecule has 0 radical (unpaired) electrons. The molecular formula is C63H40O28. The SMILES string of the molecule is O=C(O)c1ccc(C(=O)c2ccc(C(=O)O)cc2)cc1.O=C(O)c1ccc(C(=O)c2ccccc2C(=O)O)cc1.O=C(O)c1ccc(Oc2ccc(C(=O)O)c(C(=O)O)c2)cc1C(=O)O.O=C(c1ccc(C(=O)O)c(C(=O)O)c1)c1ccc(C(=O)O)c(C(=O)O)c1. The Morgan fingerprint density at radius 1 is 0.187 bits per heavy atom. The first-order valence-electron chi connectivity index (χ1n) is 24.9. The van der Waals surface area contributed by atoms with E-state index in [0.717, 1.165) is 60.7 Å². The molecule has 0 aliphatic heterocycles. The molecule has 28 nitrogen and oxygen atoms in total. The normalized spacial score (nSPS) is 10.1. The highest BCUT2D eigenvalue weighted by molar-refractivity contribution is 6.15. The van der Waals surface area contributed by atoms with E-state index in [-0.39, 0.29) is 61.8 Å². The Morgan fingerprint density at radius 3 is 0.670 bits per heavy atom. The van der Waals surface area contributed by atoms with Crippen LogP contribution in [0.15, 0.2) is 170 Å². The molecule has 0 aliphatic carbocycles. The highest BCUT2D eigenvalue weighted by Gasteiger charge is 2.24. The van der Waals surface area contributed by atoms with Crippen LogP contribution in [-0.4, -0.2) is 150 Å². The number of carbonyl (C=O) groups is 15. The molecule has 460 valence electrons. The lowest BCUT2D eigenvalue weighted by Gasteiger charge is -2.10. The molecule has 8 rings (SSSR count). The third-order valence-electron chi connectivity index (χ3n) is 12.2. The van der Waals surface area contributed by atoms with Gasteiger partial charge in [-0.1, -0.05) is 66.7 Å². The van der Waals surface area contributed by atoms with Crippen LogP contribution in [0.3, 0.4) is 0 Å². The van der Waals surface area contributed by atoms with Crippen molar-refractivity contribution in [3.05, 3.63) is 270 Å². The van der Waals surface area contributed by atoms with Crippen molar-refractivity contribution in [2.75, 3.05) is 0 Å². The molecule has 0 aromatic heterocycles. The van der Waals surface area contributed by atoms with Crippen molar-refractivity contribution in [1.29, 1.82) is 0 Å². The summed E-state index contributed by atoms with van der Waals surface area (Å²) in [5, 5.41) is 108. The van der Waals surface area contributed by atoms with Gasteiger partial charge in [0.2, 0.25) is 0 Å². The third kappa shape index (κ3) is 17.4. The lowest BCUT2D eigenvalue weighted by molar-refractivity contribution is 0.0651. The molecular weight excluding hydrogens is 1200 g/mol. The van der Waals surface area contributed by atoms with E-state index in [9.17, 15) is 71.9 Å². The Kier molecular flexibility index (Phi) is 22.3. The molecule has 0 aliphatic rings. The molecule has 0 heterocycles. The van der Waals surface area contributed by atoms with Crippen LogP contribution in [0, 0.1) is 0 Å². The van der Waals surface area contributed by atoms with E-state index in [4.69, 9.17) is 66.0 Å². The van der Waals surface area contributed by atoms with Crippen LogP contribution in [0.2, 0.25) is 0 Å². The molecule has 28 heteroatoms. The van der Waals surface area contributed by atoms with Gasteiger partial charge in [0, 0.05) is 33.4 Å². The number of ketones is 3. The average molecular weight is 1240 g/mol. The summed E-state index contributed by atoms with van der Waals surface area (Å²) in [7, 11) is 0. The minimum Gasteiger partial charge on any atom is -0.478 e. The first-order chi connectivity index (χ1) is 42.8. The molecule has 12 N–H and O–H groups in total. The Balaban J connectivity index is 0.000000222. The van der Waals surface area contributed by atoms with Crippen molar-refractivity contribution in [2.45, 2.75) is 0 Å². The second-order valence-electron chi connectivity index (χ2n) is 18.0. The lowest BCUT2D eigenvalue weighted by atomic mass is 9.95. The lowest BCUT2D eigenvalue weighted by Crippen LogP contribution is -2.13. The van der Waals surface area contributed by atoms with E-state index < -0.39 is 128 Å². The first-order valence-corrected chi connectivity index (χ1v) is 24.9. The second kappa shape index (κ2) is 29.8. The molecule has 0 spiro atoms. The maximum Gasteiger partial charge on any atom is 0.336 e. The fourth-order valence-corrected chi connectivity index (χ4v) is 7.78. The number of ether oxygens (including phenoxy) is 1. The van der Waals surface area contributed by atoms with Crippen molar-refractivity contribution in [2.24, 2.45) is 0 Å². The molecule has 0 atom stereocenters. The van der Waals surface area contributed by atoms with Gasteiger partial charge in [-0.2, -0.15) is 0 Å². The van der Waals surface area contributed by atoms with E-state index in [0.29, 0.717) is 11.1 Å². The van der Waals surface area contributed by atoms with E-state index in [2.05, 4.69) is 0 Å². The maximum absolute atomic E-state index is 12.5. The van der Waals surface area contributed by atoms with Gasteiger partial charge < -0.3 is 66.0 Å². The number of carbonyl (C=O) groups excluding carboxylic acids is 3. The van der Waals surface area contributed by atoms with Gasteiger partial charge in [-0.15, -0.1) is 0 Å². The van der Waals surface area contributed by atoms with Crippen LogP contribution in [0.5, 0.6) is 11.5 Å². The Morgan fingerprint density at radius 2 is 0.396 bits per heavy atom. The predicted octanol–water partition coefficient (Wildman–Crippen LogP) is 8.61. The molecule has 8 aromatic rings. The average Bonchev–Trinajstić information content (AvgIpc) is 0.935. The number of aromatic carboxylic acids is 12. The van der Waals surface area contributed by atoms with E-state index in [1.807, 2.05) is 0 Å². The number of benzene rings is 8. The van der Waals surface area contributed by atoms with Gasteiger partial charge in [0.25, 0.3) is 0 Å². The van der Waals surface area contributed by atoms with Crippen molar-refractivity contribution in [3.8, 4) is 11.5 Å². The zero-order valence-corrected chi connectivity index (χ0v) is 45.6. The van der Waals surface area contributed by atoms with Crippen molar-refractivity contribution in [1.82, 2.24) is 0 Å². The zero-order valence-electron chi connectivity index (χ0n) is 45.6. The van der Waals surface area contributed by atoms with Crippen LogP contribution >= 0.6 is 0 Å². The Hall–Kier alpha value is -13.8. The summed E-state index contributed by atoms with van der Waals surface area (Å²) in [6.07, 6.45) is 0. The Bertz CT molecular complexity index is 4120. The Labute approximate surface area is 506 Å². The molecule has 0 saturated heterocycles. The van der Waals surface area contributed by atoms with Gasteiger partial charge in [-0.3, -0.25) is 14.4 Å². The second-order valence-corrected chi connectivity index (χ2v) is 18.0. The summed E-state index contributed by atoms with van der Waals surface area (Å²) < 4.78 is 5.32. The molecule has 0 amide bonds. The van der Waals surface area contributed by atoms with Gasteiger partial charge in [0.15, 0.2) is 17.3 Å². The molecule has 0 saturated carbocycles.